The highest BCUT2D eigenvalue weighted by molar-refractivity contribution is 5.94. The number of carboxylic acids is 1. The van der Waals surface area contributed by atoms with Crippen molar-refractivity contribution in [3.05, 3.63) is 113 Å². The van der Waals surface area contributed by atoms with Crippen LogP contribution < -0.4 is 21.3 Å². The van der Waals surface area contributed by atoms with Gasteiger partial charge >= 0.3 is 23.9 Å². The lowest BCUT2D eigenvalue weighted by Crippen LogP contribution is -2.81. The van der Waals surface area contributed by atoms with Crippen LogP contribution in [0, 0.1) is 16.7 Å². The number of fused-ring (bicyclic) bond motifs is 5. The molecule has 13 atom stereocenters. The highest BCUT2D eigenvalue weighted by atomic mass is 16.6. The van der Waals surface area contributed by atoms with Crippen molar-refractivity contribution in [2.75, 3.05) is 19.8 Å². The second-order valence-corrected chi connectivity index (χ2v) is 20.4. The van der Waals surface area contributed by atoms with Crippen molar-refractivity contribution in [2.24, 2.45) is 16.7 Å². The summed E-state index contributed by atoms with van der Waals surface area (Å²) in [5.74, 6) is -7.87. The van der Waals surface area contributed by atoms with Crippen molar-refractivity contribution in [1.29, 1.82) is 0 Å². The number of hydrogen-bond donors (Lipinski definition) is 11. The van der Waals surface area contributed by atoms with Crippen molar-refractivity contribution >= 4 is 41.5 Å². The van der Waals surface area contributed by atoms with E-state index in [2.05, 4.69) is 21.3 Å². The number of aliphatic hydroxyl groups excluding tert-OH is 4. The Morgan fingerprint density at radius 2 is 1.51 bits per heavy atom. The number of phenolic OH excluding ortho intramolecular Hbond substituents is 1. The number of Topliss-reactive ketones (excluding diaryl/α,β-unsaturated/α-hetero) is 1. The number of carbonyl (C=O) groups excluding carboxylic acids is 6. The molecule has 0 aromatic heterocycles. The van der Waals surface area contributed by atoms with E-state index in [4.69, 9.17) is 18.9 Å². The third-order valence-electron chi connectivity index (χ3n) is 15.4. The molecule has 22 heteroatoms. The molecule has 404 valence electrons. The number of ether oxygens (including phenoxy) is 4. The first kappa shape index (κ1) is 55.9. The molecule has 7 rings (SSSR count). The van der Waals surface area contributed by atoms with Crippen LogP contribution in [0.1, 0.15) is 70.2 Å². The number of hydrogen-bond acceptors (Lipinski definition) is 17. The average molecular weight is 1050 g/mol. The highest BCUT2D eigenvalue weighted by Gasteiger charge is 2.77. The number of phenols is 1. The van der Waals surface area contributed by atoms with E-state index in [1.54, 1.807) is 62.4 Å². The van der Waals surface area contributed by atoms with Gasteiger partial charge in [0.2, 0.25) is 11.8 Å². The fourth-order valence-electron chi connectivity index (χ4n) is 11.3. The van der Waals surface area contributed by atoms with E-state index in [0.717, 1.165) is 0 Å². The van der Waals surface area contributed by atoms with Crippen LogP contribution in [0.25, 0.3) is 0 Å². The van der Waals surface area contributed by atoms with Crippen LogP contribution in [0.15, 0.2) is 96.1 Å². The Bertz CT molecular complexity index is 2670. The number of aliphatic hydroxyl groups is 5. The van der Waals surface area contributed by atoms with Gasteiger partial charge in [0.1, 0.15) is 41.7 Å². The number of urea groups is 1. The van der Waals surface area contributed by atoms with Crippen LogP contribution >= 0.6 is 0 Å². The SMILES string of the molecule is CC(=O)O[C@@]12COC1C[C@H](O)[C@@]1(C)C(=O)[C@H](O)C3=C(C)[C@@H](OC(=O)[C@H](O)[C@@H](NC(=O)NCC(=O)N[C@@H](CO)C(=O)N[C@@H](Cc4ccc(O)cc4)C(=O)O)c4ccccc4)C[C@@](O)([C@@H](OCc4ccccc4)C21)C3(C)C. The molecule has 3 aliphatic carbocycles. The van der Waals surface area contributed by atoms with Crippen LogP contribution in [0.5, 0.6) is 5.75 Å². The zero-order valence-corrected chi connectivity index (χ0v) is 41.9. The molecule has 0 radical (unpaired) electrons. The summed E-state index contributed by atoms with van der Waals surface area (Å²) in [6.45, 7) is 5.10. The lowest BCUT2D eigenvalue weighted by atomic mass is 9.44. The molecule has 11 N–H and O–H groups in total. The molecule has 2 saturated carbocycles. The first-order chi connectivity index (χ1) is 35.4. The maximum Gasteiger partial charge on any atom is 0.338 e. The first-order valence-corrected chi connectivity index (χ1v) is 24.4. The van der Waals surface area contributed by atoms with Crippen LogP contribution in [0.4, 0.5) is 4.79 Å². The van der Waals surface area contributed by atoms with E-state index in [9.17, 15) is 64.5 Å². The molecular weight excluding hydrogens is 981 g/mol. The number of aromatic hydroxyl groups is 1. The minimum Gasteiger partial charge on any atom is -0.508 e. The molecule has 3 aromatic rings. The molecule has 1 saturated heterocycles. The second-order valence-electron chi connectivity index (χ2n) is 20.4. The number of aliphatic carboxylic acids is 1. The van der Waals surface area contributed by atoms with Gasteiger partial charge in [0.15, 0.2) is 17.5 Å². The maximum absolute atomic E-state index is 15.1. The Morgan fingerprint density at radius 3 is 2.09 bits per heavy atom. The smallest absolute Gasteiger partial charge is 0.338 e. The predicted molar refractivity (Wildman–Crippen MR) is 261 cm³/mol. The van der Waals surface area contributed by atoms with Gasteiger partial charge in [-0.2, -0.15) is 0 Å². The Hall–Kier alpha value is -6.79. The summed E-state index contributed by atoms with van der Waals surface area (Å²) < 4.78 is 24.8. The van der Waals surface area contributed by atoms with Crippen LogP contribution in [-0.4, -0.2) is 157 Å². The Balaban J connectivity index is 1.12. The van der Waals surface area contributed by atoms with Gasteiger partial charge in [-0.1, -0.05) is 86.6 Å². The van der Waals surface area contributed by atoms with E-state index < -0.39 is 144 Å². The Labute approximate surface area is 431 Å². The van der Waals surface area contributed by atoms with Crippen LogP contribution in [0.2, 0.25) is 0 Å². The number of nitrogens with one attached hydrogen (secondary N) is 4. The molecule has 1 heterocycles. The van der Waals surface area contributed by atoms with Gasteiger partial charge < -0.3 is 76.0 Å². The number of benzene rings is 3. The van der Waals surface area contributed by atoms with Crippen molar-refractivity contribution in [2.45, 2.75) is 126 Å². The summed E-state index contributed by atoms with van der Waals surface area (Å²) in [5.41, 5.74) is -6.01. The largest absolute Gasteiger partial charge is 0.508 e. The van der Waals surface area contributed by atoms with Gasteiger partial charge in [0.05, 0.1) is 50.0 Å². The van der Waals surface area contributed by atoms with Gasteiger partial charge in [0, 0.05) is 37.5 Å². The number of amides is 4. The first-order valence-electron chi connectivity index (χ1n) is 24.4. The quantitative estimate of drug-likeness (QED) is 0.0606. The topological polar surface area (TPSA) is 346 Å². The average Bonchev–Trinajstić information content (AvgIpc) is 3.37. The summed E-state index contributed by atoms with van der Waals surface area (Å²) in [4.78, 5) is 93.8. The van der Waals surface area contributed by atoms with Crippen molar-refractivity contribution in [3.63, 3.8) is 0 Å². The fraction of sp³-hybridized carbons (Fsp3) is 0.491. The van der Waals surface area contributed by atoms with Crippen molar-refractivity contribution in [3.8, 4) is 5.75 Å². The molecular formula is C53H64N4O18. The second kappa shape index (κ2) is 22.2. The van der Waals surface area contributed by atoms with E-state index in [1.807, 2.05) is 0 Å². The number of carbonyl (C=O) groups is 7. The zero-order valence-electron chi connectivity index (χ0n) is 41.9. The third kappa shape index (κ3) is 10.9. The molecule has 2 bridgehead atoms. The van der Waals surface area contributed by atoms with E-state index in [1.165, 1.54) is 57.2 Å². The zero-order chi connectivity index (χ0) is 54.8. The van der Waals surface area contributed by atoms with Gasteiger partial charge in [-0.05, 0) is 53.8 Å². The summed E-state index contributed by atoms with van der Waals surface area (Å²) >= 11 is 0. The number of ketones is 1. The molecule has 22 nitrogen and oxygen atoms in total. The molecule has 0 spiro atoms. The number of rotatable bonds is 18. The molecule has 75 heavy (non-hydrogen) atoms. The fourth-order valence-corrected chi connectivity index (χ4v) is 11.3. The Morgan fingerprint density at radius 1 is 0.867 bits per heavy atom. The number of esters is 2. The van der Waals surface area contributed by atoms with E-state index in [-0.39, 0.29) is 48.5 Å². The third-order valence-corrected chi connectivity index (χ3v) is 15.4. The minimum absolute atomic E-state index is 0.0469. The standard InChI is InChI=1S/C53H64N4O18/c1-27-35(22-53(71)45(72-25-30-12-8-6-9-13-30)43-51(5,44(65)41(63)39(27)50(53,3)4)36(61)21-37-52(43,26-73-37)75-28(2)59)74-48(69)42(64)40(31-14-10-7-11-15-31)57-49(70)54-23-38(62)55-34(24-58)46(66)56-33(47(67)68)20-29-16-18-32(60)19-17-29/h6-19,33-37,40-43,45,58,60-61,63-64,71H,20-26H2,1-5H3,(H,55,62)(H,56,66)(H,67,68)(H2,54,57,70)/t33-,34-,35-,36-,37?,40-,41+,42+,43?,45-,51+,52-,53+/m0/s1. The molecule has 3 aromatic carbocycles. The lowest BCUT2D eigenvalue weighted by Gasteiger charge is -2.67. The highest BCUT2D eigenvalue weighted by Crippen LogP contribution is 2.64. The lowest BCUT2D eigenvalue weighted by molar-refractivity contribution is -0.351. The molecule has 4 aliphatic rings. The van der Waals surface area contributed by atoms with Crippen LogP contribution in [0.3, 0.4) is 0 Å². The normalized spacial score (nSPS) is 29.2. The summed E-state index contributed by atoms with van der Waals surface area (Å²) in [6.07, 6.45) is -10.5. The Kier molecular flexibility index (Phi) is 16.6. The van der Waals surface area contributed by atoms with Gasteiger partial charge in [0.25, 0.3) is 0 Å². The maximum atomic E-state index is 15.1. The predicted octanol–water partition coefficient (Wildman–Crippen LogP) is 0.389. The van der Waals surface area contributed by atoms with E-state index in [0.29, 0.717) is 11.1 Å². The summed E-state index contributed by atoms with van der Waals surface area (Å²) in [7, 11) is 0. The molecule has 1 aliphatic heterocycles. The minimum atomic E-state index is -2.23. The molecule has 2 unspecified atom stereocenters. The van der Waals surface area contributed by atoms with Crippen molar-refractivity contribution in [1.82, 2.24) is 21.3 Å². The summed E-state index contributed by atoms with van der Waals surface area (Å²) in [6, 6.07) is 16.3. The van der Waals surface area contributed by atoms with Gasteiger partial charge in [-0.25, -0.2) is 14.4 Å². The van der Waals surface area contributed by atoms with Crippen molar-refractivity contribution < 1.29 is 88.3 Å². The van der Waals surface area contributed by atoms with Gasteiger partial charge in [-0.3, -0.25) is 19.2 Å². The van der Waals surface area contributed by atoms with Gasteiger partial charge in [-0.15, -0.1) is 0 Å². The van der Waals surface area contributed by atoms with E-state index >= 15 is 4.79 Å². The van der Waals surface area contributed by atoms with Crippen LogP contribution in [-0.2, 0) is 60.7 Å². The molecule has 3 fully saturated rings. The summed E-state index contributed by atoms with van der Waals surface area (Å²) in [5, 5.41) is 88.0. The monoisotopic (exact) mass is 1040 g/mol. The molecule has 4 amide bonds. The number of carboxylic acid groups (broad SMARTS) is 1.